The lowest BCUT2D eigenvalue weighted by Crippen LogP contribution is -2.43. The average molecular weight is 429 g/mol. The van der Waals surface area contributed by atoms with Gasteiger partial charge in [-0.25, -0.2) is 9.59 Å². The van der Waals surface area contributed by atoms with Crippen LogP contribution in [-0.2, 0) is 0 Å². The second-order valence-corrected chi connectivity index (χ2v) is 7.88. The minimum Gasteiger partial charge on any atom is -0.327 e. The summed E-state index contributed by atoms with van der Waals surface area (Å²) >= 11 is 0. The standard InChI is InChI=1S/C25H40N4O2/c1-8-12-18-26(6)24(30)28(16-10-3)22-15-14-21(5)23(20-22)29(17-11-4)25(31)27(7)19-13-9-2/h10-11,14-15,20H,3-4,8-9,12-13,16-19H2,1-2,5-7H3. The number of amides is 4. The van der Waals surface area contributed by atoms with Crippen molar-refractivity contribution in [1.82, 2.24) is 9.80 Å². The molecule has 0 unspecified atom stereocenters. The summed E-state index contributed by atoms with van der Waals surface area (Å²) in [5.74, 6) is 0. The summed E-state index contributed by atoms with van der Waals surface area (Å²) in [5.41, 5.74) is 2.49. The maximum absolute atomic E-state index is 13.2. The van der Waals surface area contributed by atoms with Crippen molar-refractivity contribution in [2.24, 2.45) is 0 Å². The van der Waals surface area contributed by atoms with Gasteiger partial charge in [0.2, 0.25) is 0 Å². The van der Waals surface area contributed by atoms with Crippen LogP contribution in [0.25, 0.3) is 0 Å². The van der Waals surface area contributed by atoms with Gasteiger partial charge >= 0.3 is 12.1 Å². The van der Waals surface area contributed by atoms with E-state index in [0.29, 0.717) is 26.2 Å². The molecule has 0 saturated carbocycles. The van der Waals surface area contributed by atoms with Crippen LogP contribution in [0.1, 0.15) is 45.1 Å². The third-order valence-electron chi connectivity index (χ3n) is 5.23. The van der Waals surface area contributed by atoms with Crippen LogP contribution in [0, 0.1) is 6.92 Å². The molecule has 1 aromatic carbocycles. The van der Waals surface area contributed by atoms with E-state index in [0.717, 1.165) is 42.6 Å². The fourth-order valence-corrected chi connectivity index (χ4v) is 3.28. The highest BCUT2D eigenvalue weighted by Crippen LogP contribution is 2.28. The van der Waals surface area contributed by atoms with Crippen molar-refractivity contribution in [3.63, 3.8) is 0 Å². The van der Waals surface area contributed by atoms with Crippen LogP contribution in [0.4, 0.5) is 21.0 Å². The lowest BCUT2D eigenvalue weighted by Gasteiger charge is -2.31. The van der Waals surface area contributed by atoms with Gasteiger partial charge in [-0.15, -0.1) is 13.2 Å². The molecular weight excluding hydrogens is 388 g/mol. The van der Waals surface area contributed by atoms with Crippen LogP contribution in [0.3, 0.4) is 0 Å². The molecule has 172 valence electrons. The van der Waals surface area contributed by atoms with Crippen LogP contribution in [0.5, 0.6) is 0 Å². The van der Waals surface area contributed by atoms with Crippen molar-refractivity contribution in [3.8, 4) is 0 Å². The Bertz CT molecular complexity index is 747. The van der Waals surface area contributed by atoms with E-state index in [1.165, 1.54) is 0 Å². The summed E-state index contributed by atoms with van der Waals surface area (Å²) in [7, 11) is 3.64. The average Bonchev–Trinajstić information content (AvgIpc) is 2.77. The molecule has 31 heavy (non-hydrogen) atoms. The Kier molecular flexibility index (Phi) is 11.5. The first-order chi connectivity index (χ1) is 14.8. The molecule has 4 amide bonds. The predicted molar refractivity (Wildman–Crippen MR) is 132 cm³/mol. The predicted octanol–water partition coefficient (Wildman–Crippen LogP) is 5.68. The van der Waals surface area contributed by atoms with Gasteiger partial charge in [-0.05, 0) is 37.5 Å². The van der Waals surface area contributed by atoms with Crippen molar-refractivity contribution in [1.29, 1.82) is 0 Å². The van der Waals surface area contributed by atoms with Crippen LogP contribution in [0.2, 0.25) is 0 Å². The second kappa shape index (κ2) is 13.5. The van der Waals surface area contributed by atoms with Crippen molar-refractivity contribution < 1.29 is 9.59 Å². The van der Waals surface area contributed by atoms with Gasteiger partial charge in [0, 0.05) is 46.0 Å². The maximum atomic E-state index is 13.2. The SMILES string of the molecule is C=CCN(C(=O)N(C)CCCC)c1ccc(C)c(N(CC=C)C(=O)N(C)CCCC)c1. The first-order valence-electron chi connectivity index (χ1n) is 11.2. The molecule has 0 aliphatic heterocycles. The van der Waals surface area contributed by atoms with E-state index < -0.39 is 0 Å². The molecule has 0 fully saturated rings. The maximum Gasteiger partial charge on any atom is 0.324 e. The molecule has 0 N–H and O–H groups in total. The molecular formula is C25H40N4O2. The Morgan fingerprint density at radius 2 is 1.35 bits per heavy atom. The quantitative estimate of drug-likeness (QED) is 0.402. The zero-order valence-electron chi connectivity index (χ0n) is 20.1. The van der Waals surface area contributed by atoms with Gasteiger partial charge < -0.3 is 9.80 Å². The number of benzene rings is 1. The fourth-order valence-electron chi connectivity index (χ4n) is 3.28. The molecule has 1 aromatic rings. The number of unbranched alkanes of at least 4 members (excludes halogenated alkanes) is 2. The summed E-state index contributed by atoms with van der Waals surface area (Å²) in [4.78, 5) is 33.1. The Morgan fingerprint density at radius 3 is 1.84 bits per heavy atom. The topological polar surface area (TPSA) is 47.1 Å². The number of anilines is 2. The molecule has 0 heterocycles. The first kappa shape index (κ1) is 26.3. The molecule has 0 atom stereocenters. The number of aryl methyl sites for hydroxylation is 1. The minimum atomic E-state index is -0.0789. The number of hydrogen-bond acceptors (Lipinski definition) is 2. The highest BCUT2D eigenvalue weighted by Gasteiger charge is 2.23. The zero-order valence-corrected chi connectivity index (χ0v) is 20.1. The molecule has 0 aliphatic carbocycles. The highest BCUT2D eigenvalue weighted by atomic mass is 16.2. The normalized spacial score (nSPS) is 10.4. The van der Waals surface area contributed by atoms with Gasteiger partial charge in [-0.3, -0.25) is 9.80 Å². The van der Waals surface area contributed by atoms with E-state index in [2.05, 4.69) is 27.0 Å². The number of urea groups is 2. The Hall–Kier alpha value is -2.76. The third kappa shape index (κ3) is 7.46. The Balaban J connectivity index is 3.30. The number of carbonyl (C=O) groups is 2. The summed E-state index contributed by atoms with van der Waals surface area (Å²) in [6.45, 7) is 16.0. The van der Waals surface area contributed by atoms with Crippen LogP contribution < -0.4 is 9.80 Å². The van der Waals surface area contributed by atoms with Crippen molar-refractivity contribution in [3.05, 3.63) is 49.1 Å². The monoisotopic (exact) mass is 428 g/mol. The molecule has 1 rings (SSSR count). The second-order valence-electron chi connectivity index (χ2n) is 7.88. The molecule has 0 aromatic heterocycles. The number of carbonyl (C=O) groups excluding carboxylic acids is 2. The smallest absolute Gasteiger partial charge is 0.324 e. The minimum absolute atomic E-state index is 0.0738. The van der Waals surface area contributed by atoms with E-state index in [-0.39, 0.29) is 12.1 Å². The molecule has 0 spiro atoms. The molecule has 0 saturated heterocycles. The van der Waals surface area contributed by atoms with E-state index in [9.17, 15) is 9.59 Å². The van der Waals surface area contributed by atoms with E-state index in [1.807, 2.05) is 39.2 Å². The summed E-state index contributed by atoms with van der Waals surface area (Å²) < 4.78 is 0. The summed E-state index contributed by atoms with van der Waals surface area (Å²) in [6, 6.07) is 5.64. The van der Waals surface area contributed by atoms with Gasteiger partial charge in [0.15, 0.2) is 0 Å². The summed E-state index contributed by atoms with van der Waals surface area (Å²) in [5, 5.41) is 0. The third-order valence-corrected chi connectivity index (χ3v) is 5.23. The Labute approximate surface area is 188 Å². The van der Waals surface area contributed by atoms with E-state index in [1.54, 1.807) is 31.8 Å². The zero-order chi connectivity index (χ0) is 23.4. The van der Waals surface area contributed by atoms with E-state index >= 15 is 0 Å². The van der Waals surface area contributed by atoms with Crippen LogP contribution >= 0.6 is 0 Å². The van der Waals surface area contributed by atoms with Crippen molar-refractivity contribution >= 4 is 23.4 Å². The largest absolute Gasteiger partial charge is 0.327 e. The number of nitrogens with zero attached hydrogens (tertiary/aromatic N) is 4. The lowest BCUT2D eigenvalue weighted by atomic mass is 10.1. The first-order valence-corrected chi connectivity index (χ1v) is 11.2. The number of rotatable bonds is 12. The molecule has 6 nitrogen and oxygen atoms in total. The van der Waals surface area contributed by atoms with Crippen molar-refractivity contribution in [2.75, 3.05) is 50.1 Å². The lowest BCUT2D eigenvalue weighted by molar-refractivity contribution is 0.215. The fraction of sp³-hybridized carbons (Fsp3) is 0.520. The molecule has 0 aliphatic rings. The summed E-state index contributed by atoms with van der Waals surface area (Å²) in [6.07, 6.45) is 7.40. The Morgan fingerprint density at radius 1 is 0.871 bits per heavy atom. The van der Waals surface area contributed by atoms with Gasteiger partial charge in [0.25, 0.3) is 0 Å². The van der Waals surface area contributed by atoms with Crippen LogP contribution in [-0.4, -0.2) is 62.1 Å². The number of hydrogen-bond donors (Lipinski definition) is 0. The van der Waals surface area contributed by atoms with E-state index in [4.69, 9.17) is 0 Å². The molecule has 6 heteroatoms. The van der Waals surface area contributed by atoms with Crippen molar-refractivity contribution in [2.45, 2.75) is 46.5 Å². The molecule has 0 bridgehead atoms. The van der Waals surface area contributed by atoms with Gasteiger partial charge in [-0.2, -0.15) is 0 Å². The van der Waals surface area contributed by atoms with Gasteiger partial charge in [-0.1, -0.05) is 44.9 Å². The van der Waals surface area contributed by atoms with Gasteiger partial charge in [0.05, 0.1) is 5.69 Å². The molecule has 0 radical (unpaired) electrons. The van der Waals surface area contributed by atoms with Gasteiger partial charge in [0.1, 0.15) is 0 Å². The highest BCUT2D eigenvalue weighted by molar-refractivity contribution is 5.96. The van der Waals surface area contributed by atoms with Crippen LogP contribution in [0.15, 0.2) is 43.5 Å².